The van der Waals surface area contributed by atoms with Gasteiger partial charge in [-0.25, -0.2) is 0 Å². The second-order valence-electron chi connectivity index (χ2n) is 6.45. The van der Waals surface area contributed by atoms with Crippen LogP contribution in [0.4, 0.5) is 0 Å². The lowest BCUT2D eigenvalue weighted by Gasteiger charge is -2.17. The molecule has 122 valence electrons. The summed E-state index contributed by atoms with van der Waals surface area (Å²) in [6.45, 7) is -0.956. The van der Waals surface area contributed by atoms with Crippen LogP contribution in [-0.4, -0.2) is 0 Å². The predicted molar refractivity (Wildman–Crippen MR) is 107 cm³/mol. The number of rotatable bonds is 0. The molecular formula is C25H22. The number of allylic oxidation sites excluding steroid dienone is 4. The third-order valence-corrected chi connectivity index (χ3v) is 4.75. The van der Waals surface area contributed by atoms with Crippen LogP contribution in [0.1, 0.15) is 41.6 Å². The highest BCUT2D eigenvalue weighted by atomic mass is 14.1. The van der Waals surface area contributed by atoms with E-state index in [9.17, 15) is 0 Å². The number of hydrogen-bond acceptors (Lipinski definition) is 0. The summed E-state index contributed by atoms with van der Waals surface area (Å²) in [4.78, 5) is 0. The number of benzene rings is 2. The molecular weight excluding hydrogens is 300 g/mol. The van der Waals surface area contributed by atoms with E-state index in [-0.39, 0.29) is 11.1 Å². The molecule has 2 aromatic carbocycles. The smallest absolute Gasteiger partial charge is 0.107 e. The fourth-order valence-electron chi connectivity index (χ4n) is 3.51. The summed E-state index contributed by atoms with van der Waals surface area (Å²) >= 11 is 0. The first-order chi connectivity index (χ1) is 14.5. The normalized spacial score (nSPS) is 18.2. The van der Waals surface area contributed by atoms with E-state index in [2.05, 4.69) is 5.73 Å². The molecule has 0 aliphatic heterocycles. The Morgan fingerprint density at radius 3 is 2.44 bits per heavy atom. The van der Waals surface area contributed by atoms with E-state index < -0.39 is 13.7 Å². The standard InChI is InChI=1S/C25H22/c1-16-13-18(3)24(22-11-7-5-9-20(16)22)15-25-19(4)14-17(2)21-10-6-8-12-23(21)25/h5-14H,1-4H3/i3D3,4D3. The Bertz CT molecular complexity index is 1290. The van der Waals surface area contributed by atoms with Crippen LogP contribution in [0.5, 0.6) is 0 Å². The Kier molecular flexibility index (Phi) is 2.42. The molecule has 0 N–H and O–H groups in total. The topological polar surface area (TPSA) is 0 Å². The fourth-order valence-corrected chi connectivity index (χ4v) is 3.51. The molecule has 2 aliphatic rings. The summed E-state index contributed by atoms with van der Waals surface area (Å²) in [5, 5.41) is 2.32. The lowest BCUT2D eigenvalue weighted by Crippen LogP contribution is -2.37. The fraction of sp³-hybridized carbons (Fsp3) is 0.160. The van der Waals surface area contributed by atoms with E-state index in [4.69, 9.17) is 8.22 Å². The van der Waals surface area contributed by atoms with Gasteiger partial charge in [0.2, 0.25) is 0 Å². The van der Waals surface area contributed by atoms with E-state index in [0.717, 1.165) is 32.7 Å². The molecule has 2 aromatic rings. The van der Waals surface area contributed by atoms with Crippen LogP contribution in [0.15, 0.2) is 36.4 Å². The second kappa shape index (κ2) is 5.92. The minimum Gasteiger partial charge on any atom is -0.145 e. The van der Waals surface area contributed by atoms with Crippen LogP contribution < -0.4 is 20.9 Å². The molecule has 0 fully saturated rings. The lowest BCUT2D eigenvalue weighted by atomic mass is 9.93. The molecule has 0 unspecified atom stereocenters. The monoisotopic (exact) mass is 328 g/mol. The van der Waals surface area contributed by atoms with Crippen molar-refractivity contribution in [1.29, 1.82) is 0 Å². The van der Waals surface area contributed by atoms with E-state index in [1.54, 1.807) is 12.1 Å². The molecule has 0 bridgehead atoms. The summed E-state index contributed by atoms with van der Waals surface area (Å²) in [7, 11) is 0. The predicted octanol–water partition coefficient (Wildman–Crippen LogP) is 2.48. The Hall–Kier alpha value is -2.82. The van der Waals surface area contributed by atoms with Gasteiger partial charge in [-0.15, -0.1) is 41.5 Å². The van der Waals surface area contributed by atoms with Crippen molar-refractivity contribution in [2.75, 3.05) is 0 Å². The summed E-state index contributed by atoms with van der Waals surface area (Å²) in [5.41, 5.74) is 7.18. The molecule has 0 heteroatoms. The minimum atomic E-state index is -2.36. The lowest BCUT2D eigenvalue weighted by molar-refractivity contribution is 1.23. The molecule has 0 aromatic heterocycles. The van der Waals surface area contributed by atoms with Gasteiger partial charge in [0.1, 0.15) is 5.56 Å². The SMILES string of the molecule is [2H]C([2H])([2H])c1cc(C)c2c(c1=C=c1c(C([2H])([2H])[2H])cc(C)c3c1=CC=C[CH-]3)=CC=C[CH+]2. The third-order valence-electron chi connectivity index (χ3n) is 4.75. The van der Waals surface area contributed by atoms with Crippen molar-refractivity contribution >= 4 is 17.9 Å². The van der Waals surface area contributed by atoms with Gasteiger partial charge < -0.3 is 0 Å². The average molecular weight is 328 g/mol. The highest BCUT2D eigenvalue weighted by Gasteiger charge is 2.12. The first-order valence-electron chi connectivity index (χ1n) is 11.3. The molecule has 0 atom stereocenters. The molecule has 0 spiro atoms. The maximum Gasteiger partial charge on any atom is 0.107 e. The van der Waals surface area contributed by atoms with E-state index >= 15 is 0 Å². The quantitative estimate of drug-likeness (QED) is 0.652. The zero-order valence-corrected chi connectivity index (χ0v) is 14.3. The maximum atomic E-state index is 8.11. The molecule has 25 heavy (non-hydrogen) atoms. The van der Waals surface area contributed by atoms with Crippen molar-refractivity contribution in [3.05, 3.63) is 104 Å². The summed E-state index contributed by atoms with van der Waals surface area (Å²) in [5.74, 6) is 0. The van der Waals surface area contributed by atoms with Gasteiger partial charge in [0.25, 0.3) is 0 Å². The molecule has 0 amide bonds. The van der Waals surface area contributed by atoms with Gasteiger partial charge in [-0.3, -0.25) is 0 Å². The van der Waals surface area contributed by atoms with Crippen molar-refractivity contribution in [3.8, 4) is 0 Å². The van der Waals surface area contributed by atoms with Gasteiger partial charge in [-0.2, -0.15) is 0 Å². The summed E-state index contributed by atoms with van der Waals surface area (Å²) < 4.78 is 48.6. The molecule has 0 radical (unpaired) electrons. The first-order valence-corrected chi connectivity index (χ1v) is 8.31. The van der Waals surface area contributed by atoms with Gasteiger partial charge >= 0.3 is 0 Å². The first kappa shape index (κ1) is 10.2. The third kappa shape index (κ3) is 2.56. The molecule has 2 aliphatic carbocycles. The molecule has 0 saturated heterocycles. The van der Waals surface area contributed by atoms with E-state index in [0.29, 0.717) is 10.4 Å². The van der Waals surface area contributed by atoms with Crippen molar-refractivity contribution in [1.82, 2.24) is 0 Å². The van der Waals surface area contributed by atoms with Crippen molar-refractivity contribution in [2.45, 2.75) is 27.6 Å². The Morgan fingerprint density at radius 2 is 1.64 bits per heavy atom. The minimum absolute atomic E-state index is 0.171. The Balaban J connectivity index is 2.42. The Labute approximate surface area is 158 Å². The Morgan fingerprint density at radius 1 is 0.920 bits per heavy atom. The largest absolute Gasteiger partial charge is 0.145 e. The summed E-state index contributed by atoms with van der Waals surface area (Å²) in [6, 6.07) is 3.34. The molecule has 0 heterocycles. The van der Waals surface area contributed by atoms with Crippen LogP contribution in [0, 0.1) is 40.4 Å². The second-order valence-corrected chi connectivity index (χ2v) is 6.45. The van der Waals surface area contributed by atoms with Crippen molar-refractivity contribution in [3.63, 3.8) is 0 Å². The zero-order valence-electron chi connectivity index (χ0n) is 20.3. The van der Waals surface area contributed by atoms with Crippen molar-refractivity contribution < 1.29 is 8.22 Å². The van der Waals surface area contributed by atoms with E-state index in [1.807, 2.05) is 63.1 Å². The van der Waals surface area contributed by atoms with Crippen molar-refractivity contribution in [2.24, 2.45) is 0 Å². The highest BCUT2D eigenvalue weighted by Crippen LogP contribution is 2.10. The van der Waals surface area contributed by atoms with Gasteiger partial charge in [0.15, 0.2) is 0 Å². The average Bonchev–Trinajstić information content (AvgIpc) is 2.70. The van der Waals surface area contributed by atoms with E-state index in [1.165, 1.54) is 0 Å². The van der Waals surface area contributed by atoms with Crippen LogP contribution in [-0.2, 0) is 0 Å². The number of aryl methyl sites for hydroxylation is 4. The van der Waals surface area contributed by atoms with Crippen LogP contribution in [0.25, 0.3) is 17.9 Å². The van der Waals surface area contributed by atoms with Gasteiger partial charge in [-0.1, -0.05) is 23.8 Å². The molecule has 0 nitrogen and oxygen atoms in total. The van der Waals surface area contributed by atoms with Gasteiger partial charge in [0, 0.05) is 38.4 Å². The van der Waals surface area contributed by atoms with Crippen LogP contribution in [0.2, 0.25) is 0 Å². The van der Waals surface area contributed by atoms with Crippen LogP contribution in [0.3, 0.4) is 0 Å². The zero-order chi connectivity index (χ0) is 22.6. The molecule has 4 rings (SSSR count). The van der Waals surface area contributed by atoms with Crippen LogP contribution >= 0.6 is 0 Å². The summed E-state index contributed by atoms with van der Waals surface area (Å²) in [6.07, 6.45) is 15.1. The molecule has 0 saturated carbocycles. The van der Waals surface area contributed by atoms with Gasteiger partial charge in [0.05, 0.1) is 10.4 Å². The maximum absolute atomic E-state index is 8.11. The number of hydrogen-bond donors (Lipinski definition) is 0. The number of fused-ring (bicyclic) bond motifs is 2. The highest BCUT2D eigenvalue weighted by molar-refractivity contribution is 5.57. The van der Waals surface area contributed by atoms with Gasteiger partial charge in [-0.05, 0) is 37.5 Å².